The van der Waals surface area contributed by atoms with Gasteiger partial charge in [0.2, 0.25) is 5.91 Å². The summed E-state index contributed by atoms with van der Waals surface area (Å²) in [5, 5.41) is 5.20. The van der Waals surface area contributed by atoms with Crippen LogP contribution in [-0.4, -0.2) is 18.4 Å². The standard InChI is InChI=1S/C17H17F2N3O2/c1-10-3-2-4-11(5-10)8-22-16(23)9-21-15-6-12(17(20)24)13(18)7-14(15)19/h2-7,21H,8-9H2,1H3,(H2,20,24)(H,22,23). The first-order valence-corrected chi connectivity index (χ1v) is 7.22. The van der Waals surface area contributed by atoms with E-state index in [-0.39, 0.29) is 18.1 Å². The molecule has 2 aromatic carbocycles. The molecule has 7 heteroatoms. The number of nitrogens with two attached hydrogens (primary N) is 1. The van der Waals surface area contributed by atoms with Gasteiger partial charge in [0.1, 0.15) is 11.6 Å². The van der Waals surface area contributed by atoms with Crippen LogP contribution in [0.3, 0.4) is 0 Å². The van der Waals surface area contributed by atoms with Crippen LogP contribution in [0.5, 0.6) is 0 Å². The maximum atomic E-state index is 13.7. The molecule has 2 amide bonds. The van der Waals surface area contributed by atoms with Gasteiger partial charge >= 0.3 is 0 Å². The molecule has 0 radical (unpaired) electrons. The van der Waals surface area contributed by atoms with Crippen molar-refractivity contribution in [3.05, 3.63) is 64.7 Å². The van der Waals surface area contributed by atoms with Gasteiger partial charge in [-0.3, -0.25) is 9.59 Å². The van der Waals surface area contributed by atoms with E-state index in [9.17, 15) is 18.4 Å². The highest BCUT2D eigenvalue weighted by molar-refractivity contribution is 5.94. The Morgan fingerprint density at radius 1 is 1.12 bits per heavy atom. The van der Waals surface area contributed by atoms with Crippen LogP contribution in [0.2, 0.25) is 0 Å². The lowest BCUT2D eigenvalue weighted by atomic mass is 10.1. The first-order valence-electron chi connectivity index (χ1n) is 7.22. The maximum Gasteiger partial charge on any atom is 0.251 e. The minimum Gasteiger partial charge on any atom is -0.374 e. The van der Waals surface area contributed by atoms with Crippen LogP contribution in [0.1, 0.15) is 21.5 Å². The molecule has 24 heavy (non-hydrogen) atoms. The number of anilines is 1. The highest BCUT2D eigenvalue weighted by atomic mass is 19.1. The summed E-state index contributed by atoms with van der Waals surface area (Å²) < 4.78 is 27.0. The van der Waals surface area contributed by atoms with Gasteiger partial charge in [0.25, 0.3) is 5.91 Å². The second-order valence-corrected chi connectivity index (χ2v) is 5.30. The minimum atomic E-state index is -1.05. The number of hydrogen-bond donors (Lipinski definition) is 3. The molecule has 0 bridgehead atoms. The van der Waals surface area contributed by atoms with Gasteiger partial charge in [-0.1, -0.05) is 29.8 Å². The molecular weight excluding hydrogens is 316 g/mol. The SMILES string of the molecule is Cc1cccc(CNC(=O)CNc2cc(C(N)=O)c(F)cc2F)c1. The topological polar surface area (TPSA) is 84.2 Å². The molecule has 2 aromatic rings. The number of hydrogen-bond acceptors (Lipinski definition) is 3. The Balaban J connectivity index is 1.94. The number of amides is 2. The maximum absolute atomic E-state index is 13.7. The summed E-state index contributed by atoms with van der Waals surface area (Å²) in [4.78, 5) is 22.9. The molecule has 0 aliphatic rings. The van der Waals surface area contributed by atoms with Crippen molar-refractivity contribution in [3.63, 3.8) is 0 Å². The van der Waals surface area contributed by atoms with Crippen LogP contribution in [-0.2, 0) is 11.3 Å². The van der Waals surface area contributed by atoms with Crippen molar-refractivity contribution in [3.8, 4) is 0 Å². The number of nitrogens with one attached hydrogen (secondary N) is 2. The highest BCUT2D eigenvalue weighted by Crippen LogP contribution is 2.19. The Labute approximate surface area is 137 Å². The largest absolute Gasteiger partial charge is 0.374 e. The Morgan fingerprint density at radius 2 is 1.88 bits per heavy atom. The summed E-state index contributed by atoms with van der Waals surface area (Å²) >= 11 is 0. The molecule has 0 atom stereocenters. The number of halogens is 2. The zero-order valence-corrected chi connectivity index (χ0v) is 13.0. The molecule has 0 aromatic heterocycles. The second kappa shape index (κ2) is 7.54. The van der Waals surface area contributed by atoms with E-state index in [1.807, 2.05) is 31.2 Å². The molecule has 0 fully saturated rings. The number of aryl methyl sites for hydroxylation is 1. The first kappa shape index (κ1) is 17.4. The van der Waals surface area contributed by atoms with E-state index in [1.54, 1.807) is 0 Å². The molecule has 2 rings (SSSR count). The predicted molar refractivity (Wildman–Crippen MR) is 86.4 cm³/mol. The molecule has 126 valence electrons. The van der Waals surface area contributed by atoms with E-state index in [0.717, 1.165) is 17.2 Å². The Hall–Kier alpha value is -2.96. The lowest BCUT2D eigenvalue weighted by Crippen LogP contribution is -2.29. The second-order valence-electron chi connectivity index (χ2n) is 5.30. The van der Waals surface area contributed by atoms with Crippen LogP contribution >= 0.6 is 0 Å². The number of carbonyl (C=O) groups excluding carboxylic acids is 2. The van der Waals surface area contributed by atoms with E-state index in [1.165, 1.54) is 0 Å². The summed E-state index contributed by atoms with van der Waals surface area (Å²) in [6.07, 6.45) is 0. The van der Waals surface area contributed by atoms with E-state index in [4.69, 9.17) is 5.73 Å². The van der Waals surface area contributed by atoms with E-state index >= 15 is 0 Å². The van der Waals surface area contributed by atoms with Gasteiger partial charge in [-0.25, -0.2) is 8.78 Å². The van der Waals surface area contributed by atoms with E-state index in [0.29, 0.717) is 12.6 Å². The molecule has 4 N–H and O–H groups in total. The summed E-state index contributed by atoms with van der Waals surface area (Å²) in [6, 6.07) is 9.13. The molecule has 0 aliphatic carbocycles. The quantitative estimate of drug-likeness (QED) is 0.757. The fraction of sp³-hybridized carbons (Fsp3) is 0.176. The normalized spacial score (nSPS) is 10.3. The average molecular weight is 333 g/mol. The van der Waals surface area contributed by atoms with Crippen LogP contribution in [0.15, 0.2) is 36.4 Å². The van der Waals surface area contributed by atoms with Gasteiger partial charge in [-0.05, 0) is 18.6 Å². The molecule has 0 saturated carbocycles. The van der Waals surface area contributed by atoms with Gasteiger partial charge in [-0.15, -0.1) is 0 Å². The number of benzene rings is 2. The fourth-order valence-electron chi connectivity index (χ4n) is 2.13. The molecule has 0 unspecified atom stereocenters. The van der Waals surface area contributed by atoms with Crippen molar-refractivity contribution >= 4 is 17.5 Å². The van der Waals surface area contributed by atoms with Crippen molar-refractivity contribution in [1.82, 2.24) is 5.32 Å². The highest BCUT2D eigenvalue weighted by Gasteiger charge is 2.14. The zero-order chi connectivity index (χ0) is 17.7. The van der Waals surface area contributed by atoms with Crippen LogP contribution < -0.4 is 16.4 Å². The third-order valence-electron chi connectivity index (χ3n) is 3.33. The van der Waals surface area contributed by atoms with Crippen LogP contribution in [0.4, 0.5) is 14.5 Å². The third kappa shape index (κ3) is 4.52. The van der Waals surface area contributed by atoms with Crippen molar-refractivity contribution in [2.75, 3.05) is 11.9 Å². The fourth-order valence-corrected chi connectivity index (χ4v) is 2.13. The lowest BCUT2D eigenvalue weighted by Gasteiger charge is -2.10. The summed E-state index contributed by atoms with van der Waals surface area (Å²) in [7, 11) is 0. The molecule has 0 spiro atoms. The molecule has 0 heterocycles. The summed E-state index contributed by atoms with van der Waals surface area (Å²) in [5.41, 5.74) is 6.40. The van der Waals surface area contributed by atoms with Crippen molar-refractivity contribution < 1.29 is 18.4 Å². The van der Waals surface area contributed by atoms with Crippen molar-refractivity contribution in [1.29, 1.82) is 0 Å². The predicted octanol–water partition coefficient (Wildman–Crippen LogP) is 2.10. The third-order valence-corrected chi connectivity index (χ3v) is 3.33. The van der Waals surface area contributed by atoms with Crippen molar-refractivity contribution in [2.45, 2.75) is 13.5 Å². The van der Waals surface area contributed by atoms with E-state index in [2.05, 4.69) is 10.6 Å². The number of carbonyl (C=O) groups is 2. The number of rotatable bonds is 6. The van der Waals surface area contributed by atoms with Crippen molar-refractivity contribution in [2.24, 2.45) is 5.73 Å². The summed E-state index contributed by atoms with van der Waals surface area (Å²) in [5.74, 6) is -3.35. The zero-order valence-electron chi connectivity index (χ0n) is 13.0. The Kier molecular flexibility index (Phi) is 5.47. The van der Waals surface area contributed by atoms with Gasteiger partial charge in [0, 0.05) is 12.6 Å². The van der Waals surface area contributed by atoms with Gasteiger partial charge in [0.05, 0.1) is 17.8 Å². The average Bonchev–Trinajstić information content (AvgIpc) is 2.51. The van der Waals surface area contributed by atoms with Gasteiger partial charge < -0.3 is 16.4 Å². The van der Waals surface area contributed by atoms with Gasteiger partial charge in [-0.2, -0.15) is 0 Å². The minimum absolute atomic E-state index is 0.170. The van der Waals surface area contributed by atoms with Gasteiger partial charge in [0.15, 0.2) is 0 Å². The van der Waals surface area contributed by atoms with Crippen LogP contribution in [0, 0.1) is 18.6 Å². The van der Waals surface area contributed by atoms with E-state index < -0.39 is 23.1 Å². The molecule has 0 aliphatic heterocycles. The lowest BCUT2D eigenvalue weighted by molar-refractivity contribution is -0.119. The first-order chi connectivity index (χ1) is 11.4. The smallest absolute Gasteiger partial charge is 0.251 e. The Bertz CT molecular complexity index is 778. The molecule has 5 nitrogen and oxygen atoms in total. The number of primary amides is 1. The Morgan fingerprint density at radius 3 is 2.54 bits per heavy atom. The monoisotopic (exact) mass is 333 g/mol. The molecule has 0 saturated heterocycles. The summed E-state index contributed by atoms with van der Waals surface area (Å²) in [6.45, 7) is 2.05. The molecular formula is C17H17F2N3O2. The van der Waals surface area contributed by atoms with Crippen LogP contribution in [0.25, 0.3) is 0 Å².